The summed E-state index contributed by atoms with van der Waals surface area (Å²) in [4.78, 5) is 7.53. The predicted molar refractivity (Wildman–Crippen MR) is 238 cm³/mol. The SMILES string of the molecule is Cc1ccc(N(c2ccc(C(C)(C)C)cc2)c2cc3c(c4sc5ccccc5c24)-c2ccc(-c4ccccc4)cc2C3(c2ccccc2)c2ccccc2)nc1. The second kappa shape index (κ2) is 13.2. The monoisotopic (exact) mass is 738 g/mol. The van der Waals surface area contributed by atoms with Gasteiger partial charge in [-0.15, -0.1) is 11.3 Å². The van der Waals surface area contributed by atoms with E-state index in [4.69, 9.17) is 4.98 Å². The van der Waals surface area contributed by atoms with Gasteiger partial charge in [-0.25, -0.2) is 4.98 Å². The summed E-state index contributed by atoms with van der Waals surface area (Å²) in [7, 11) is 0. The first-order valence-corrected chi connectivity index (χ1v) is 20.3. The molecule has 0 aliphatic heterocycles. The van der Waals surface area contributed by atoms with Crippen LogP contribution < -0.4 is 4.90 Å². The highest BCUT2D eigenvalue weighted by Gasteiger charge is 2.48. The summed E-state index contributed by atoms with van der Waals surface area (Å²) in [5, 5.41) is 2.51. The predicted octanol–water partition coefficient (Wildman–Crippen LogP) is 14.6. The van der Waals surface area contributed by atoms with E-state index in [0.717, 1.165) is 22.8 Å². The minimum atomic E-state index is -0.598. The summed E-state index contributed by atoms with van der Waals surface area (Å²) in [6.07, 6.45) is 1.99. The van der Waals surface area contributed by atoms with Crippen LogP contribution in [0.4, 0.5) is 17.2 Å². The van der Waals surface area contributed by atoms with Gasteiger partial charge in [0.05, 0.1) is 11.1 Å². The Balaban J connectivity index is 1.38. The third-order valence-electron chi connectivity index (χ3n) is 11.6. The molecule has 2 heterocycles. The van der Waals surface area contributed by atoms with Crippen LogP contribution in [-0.4, -0.2) is 4.98 Å². The van der Waals surface area contributed by atoms with Gasteiger partial charge < -0.3 is 0 Å². The minimum Gasteiger partial charge on any atom is -0.294 e. The van der Waals surface area contributed by atoms with Gasteiger partial charge >= 0.3 is 0 Å². The summed E-state index contributed by atoms with van der Waals surface area (Å²) in [5.74, 6) is 0.891. The lowest BCUT2D eigenvalue weighted by Crippen LogP contribution is -2.29. The largest absolute Gasteiger partial charge is 0.294 e. The lowest BCUT2D eigenvalue weighted by Gasteiger charge is -2.35. The molecule has 270 valence electrons. The van der Waals surface area contributed by atoms with Crippen LogP contribution in [0.2, 0.25) is 0 Å². The summed E-state index contributed by atoms with van der Waals surface area (Å²) >= 11 is 1.91. The zero-order valence-electron chi connectivity index (χ0n) is 32.1. The fraction of sp³-hybridized carbons (Fsp3) is 0.113. The second-order valence-electron chi connectivity index (χ2n) is 16.1. The highest BCUT2D eigenvalue weighted by Crippen LogP contribution is 2.62. The van der Waals surface area contributed by atoms with E-state index in [9.17, 15) is 0 Å². The fourth-order valence-electron chi connectivity index (χ4n) is 8.91. The number of rotatable bonds is 6. The molecule has 7 aromatic carbocycles. The first kappa shape index (κ1) is 34.2. The number of aromatic nitrogens is 1. The molecule has 2 nitrogen and oxygen atoms in total. The Labute approximate surface area is 333 Å². The van der Waals surface area contributed by atoms with Crippen molar-refractivity contribution in [3.05, 3.63) is 216 Å². The first-order chi connectivity index (χ1) is 27.3. The Morgan fingerprint density at radius 3 is 1.88 bits per heavy atom. The smallest absolute Gasteiger partial charge is 0.137 e. The molecular weight excluding hydrogens is 697 g/mol. The molecular formula is C53H42N2S. The number of hydrogen-bond acceptors (Lipinski definition) is 3. The van der Waals surface area contributed by atoms with E-state index in [0.29, 0.717) is 0 Å². The quantitative estimate of drug-likeness (QED) is 0.169. The van der Waals surface area contributed by atoms with Gasteiger partial charge in [0.1, 0.15) is 5.82 Å². The van der Waals surface area contributed by atoms with E-state index in [2.05, 4.69) is 209 Å². The van der Waals surface area contributed by atoms with E-state index in [1.165, 1.54) is 70.2 Å². The number of fused-ring (bicyclic) bond motifs is 7. The van der Waals surface area contributed by atoms with Gasteiger partial charge in [0.25, 0.3) is 0 Å². The van der Waals surface area contributed by atoms with Crippen LogP contribution in [0.15, 0.2) is 182 Å². The van der Waals surface area contributed by atoms with E-state index >= 15 is 0 Å². The second-order valence-corrected chi connectivity index (χ2v) is 17.1. The Kier molecular flexibility index (Phi) is 8.06. The van der Waals surface area contributed by atoms with Gasteiger partial charge in [-0.05, 0) is 98.8 Å². The summed E-state index contributed by atoms with van der Waals surface area (Å²) in [5.41, 5.74) is 14.2. The molecule has 1 aliphatic rings. The van der Waals surface area contributed by atoms with Crippen LogP contribution in [-0.2, 0) is 10.8 Å². The molecule has 0 fully saturated rings. The van der Waals surface area contributed by atoms with Crippen molar-refractivity contribution in [3.63, 3.8) is 0 Å². The first-order valence-electron chi connectivity index (χ1n) is 19.5. The van der Waals surface area contributed by atoms with Crippen molar-refractivity contribution in [1.29, 1.82) is 0 Å². The lowest BCUT2D eigenvalue weighted by molar-refractivity contribution is 0.590. The Morgan fingerprint density at radius 2 is 1.23 bits per heavy atom. The van der Waals surface area contributed by atoms with Gasteiger partial charge in [-0.3, -0.25) is 4.90 Å². The minimum absolute atomic E-state index is 0.0330. The van der Waals surface area contributed by atoms with Crippen LogP contribution in [0, 0.1) is 6.92 Å². The topological polar surface area (TPSA) is 16.1 Å². The molecule has 0 radical (unpaired) electrons. The van der Waals surface area contributed by atoms with Crippen molar-refractivity contribution in [1.82, 2.24) is 4.98 Å². The number of hydrogen-bond donors (Lipinski definition) is 0. The molecule has 0 atom stereocenters. The van der Waals surface area contributed by atoms with Crippen LogP contribution in [0.25, 0.3) is 42.4 Å². The van der Waals surface area contributed by atoms with Crippen molar-refractivity contribution in [2.75, 3.05) is 4.90 Å². The van der Waals surface area contributed by atoms with Crippen LogP contribution in [0.1, 0.15) is 54.2 Å². The maximum atomic E-state index is 5.13. The maximum Gasteiger partial charge on any atom is 0.137 e. The number of benzene rings is 7. The molecule has 0 saturated carbocycles. The van der Waals surface area contributed by atoms with Crippen molar-refractivity contribution in [2.45, 2.75) is 38.5 Å². The third-order valence-corrected chi connectivity index (χ3v) is 12.8. The standard InChI is InChI=1S/C53H42N2S/c1-35-24-31-48(54-34-35)55(41-28-26-38(27-29-41)52(2,3)4)46-33-45-49(51-50(46)43-22-14-15-23-47(43)56-51)42-30-25-37(36-16-8-5-9-17-36)32-44(42)53(45,39-18-10-6-11-19-39)40-20-12-7-13-21-40/h5-34H,1-4H3. The van der Waals surface area contributed by atoms with Gasteiger partial charge in [-0.1, -0.05) is 160 Å². The number of anilines is 3. The molecule has 0 amide bonds. The molecule has 56 heavy (non-hydrogen) atoms. The molecule has 3 heteroatoms. The van der Waals surface area contributed by atoms with Crippen molar-refractivity contribution in [3.8, 4) is 22.3 Å². The van der Waals surface area contributed by atoms with Gasteiger partial charge in [0, 0.05) is 37.6 Å². The molecule has 0 unspecified atom stereocenters. The summed E-state index contributed by atoms with van der Waals surface area (Å²) in [6.45, 7) is 8.93. The Bertz CT molecular complexity index is 2830. The van der Waals surface area contributed by atoms with Crippen LogP contribution in [0.5, 0.6) is 0 Å². The van der Waals surface area contributed by atoms with E-state index < -0.39 is 5.41 Å². The van der Waals surface area contributed by atoms with Gasteiger partial charge in [0.15, 0.2) is 0 Å². The highest BCUT2D eigenvalue weighted by molar-refractivity contribution is 7.26. The number of nitrogens with zero attached hydrogens (tertiary/aromatic N) is 2. The molecule has 0 saturated heterocycles. The fourth-order valence-corrected chi connectivity index (χ4v) is 10.2. The average Bonchev–Trinajstić information content (AvgIpc) is 3.76. The van der Waals surface area contributed by atoms with E-state index in [-0.39, 0.29) is 5.41 Å². The van der Waals surface area contributed by atoms with E-state index in [1.54, 1.807) is 0 Å². The highest BCUT2D eigenvalue weighted by atomic mass is 32.1. The molecule has 9 aromatic rings. The number of aryl methyl sites for hydroxylation is 1. The normalized spacial score (nSPS) is 13.1. The van der Waals surface area contributed by atoms with Crippen molar-refractivity contribution >= 4 is 48.7 Å². The van der Waals surface area contributed by atoms with Crippen LogP contribution >= 0.6 is 11.3 Å². The molecule has 0 bridgehead atoms. The van der Waals surface area contributed by atoms with Crippen LogP contribution in [0.3, 0.4) is 0 Å². The van der Waals surface area contributed by atoms with Gasteiger partial charge in [-0.2, -0.15) is 0 Å². The summed E-state index contributed by atoms with van der Waals surface area (Å²) < 4.78 is 2.57. The zero-order chi connectivity index (χ0) is 38.0. The number of thiophene rings is 1. The zero-order valence-corrected chi connectivity index (χ0v) is 32.9. The lowest BCUT2D eigenvalue weighted by atomic mass is 9.67. The molecule has 1 aliphatic carbocycles. The number of pyridine rings is 1. The molecule has 2 aromatic heterocycles. The Morgan fingerprint density at radius 1 is 0.589 bits per heavy atom. The Hall–Kier alpha value is -6.29. The third kappa shape index (κ3) is 5.33. The maximum absolute atomic E-state index is 5.13. The van der Waals surface area contributed by atoms with E-state index in [1.807, 2.05) is 17.5 Å². The summed E-state index contributed by atoms with van der Waals surface area (Å²) in [6, 6.07) is 65.2. The molecule has 0 spiro atoms. The van der Waals surface area contributed by atoms with Gasteiger partial charge in [0.2, 0.25) is 0 Å². The molecule has 10 rings (SSSR count). The van der Waals surface area contributed by atoms with Crippen molar-refractivity contribution in [2.24, 2.45) is 0 Å². The average molecular weight is 739 g/mol. The molecule has 0 N–H and O–H groups in total. The van der Waals surface area contributed by atoms with Crippen molar-refractivity contribution < 1.29 is 0 Å².